The van der Waals surface area contributed by atoms with E-state index in [1.165, 1.54) is 0 Å². The predicted molar refractivity (Wildman–Crippen MR) is 161 cm³/mol. The Morgan fingerprint density at radius 1 is 0.872 bits per heavy atom. The Morgan fingerprint density at radius 2 is 1.46 bits per heavy atom. The van der Waals surface area contributed by atoms with Crippen molar-refractivity contribution in [3.63, 3.8) is 0 Å². The summed E-state index contributed by atoms with van der Waals surface area (Å²) in [6.45, 7) is 17.8. The number of amides is 1. The van der Waals surface area contributed by atoms with Crippen LogP contribution in [0, 0.1) is 0 Å². The van der Waals surface area contributed by atoms with E-state index < -0.39 is 13.4 Å². The molecule has 0 rings (SSSR count). The van der Waals surface area contributed by atoms with E-state index in [1.54, 1.807) is 42.5 Å². The molecule has 39 heavy (non-hydrogen) atoms. The third-order valence-electron chi connectivity index (χ3n) is 4.58. The van der Waals surface area contributed by atoms with Crippen molar-refractivity contribution in [2.24, 2.45) is 0 Å². The van der Waals surface area contributed by atoms with Crippen LogP contribution in [0.2, 0.25) is 0 Å². The number of unbranched alkanes of at least 4 members (excludes halogenated alkanes) is 1. The maximum absolute atomic E-state index is 12.8. The molecule has 0 heterocycles. The molecule has 1 N–H and O–H groups in total. The largest absolute Gasteiger partial charge is 0.475 e. The van der Waals surface area contributed by atoms with Crippen molar-refractivity contribution in [2.75, 3.05) is 72.3 Å². The second-order valence-electron chi connectivity index (χ2n) is 10.7. The SMILES string of the molecule is COCCOCCOCCOCCNC(=O)CCC(C)(C)SSCCCCOP(=O)(OC(C)C)OC(C)(C)C. The van der Waals surface area contributed by atoms with Crippen LogP contribution < -0.4 is 5.32 Å². The quantitative estimate of drug-likeness (QED) is 0.0711. The summed E-state index contributed by atoms with van der Waals surface area (Å²) >= 11 is 0. The first-order chi connectivity index (χ1) is 18.3. The van der Waals surface area contributed by atoms with Gasteiger partial charge in [0.2, 0.25) is 5.91 Å². The van der Waals surface area contributed by atoms with Crippen LogP contribution in [-0.2, 0) is 41.9 Å². The lowest BCUT2D eigenvalue weighted by Gasteiger charge is -2.27. The molecule has 1 atom stereocenters. The topological polar surface area (TPSA) is 111 Å². The Morgan fingerprint density at radius 3 is 2.03 bits per heavy atom. The monoisotopic (exact) mass is 619 g/mol. The Hall–Kier alpha value is 0.120. The smallest absolute Gasteiger partial charge is 0.382 e. The van der Waals surface area contributed by atoms with Crippen LogP contribution in [-0.4, -0.2) is 94.6 Å². The first kappa shape index (κ1) is 39.1. The first-order valence-corrected chi connectivity index (χ1v) is 17.5. The molecule has 0 saturated heterocycles. The molecule has 0 aromatic rings. The summed E-state index contributed by atoms with van der Waals surface area (Å²) in [5.74, 6) is 0.963. The molecule has 0 saturated carbocycles. The Labute approximate surface area is 245 Å². The Balaban J connectivity index is 3.82. The predicted octanol–water partition coefficient (Wildman–Crippen LogP) is 5.88. The average molecular weight is 620 g/mol. The van der Waals surface area contributed by atoms with E-state index >= 15 is 0 Å². The van der Waals surface area contributed by atoms with Crippen LogP contribution in [0.4, 0.5) is 0 Å². The zero-order valence-electron chi connectivity index (χ0n) is 25.4. The number of phosphoric acid groups is 1. The molecule has 0 spiro atoms. The molecular formula is C26H54NO9PS2. The summed E-state index contributed by atoms with van der Waals surface area (Å²) < 4.78 is 50.5. The summed E-state index contributed by atoms with van der Waals surface area (Å²) in [7, 11) is 1.61. The number of rotatable bonds is 26. The van der Waals surface area contributed by atoms with Gasteiger partial charge >= 0.3 is 7.82 Å². The molecule has 1 unspecified atom stereocenters. The zero-order chi connectivity index (χ0) is 29.6. The van der Waals surface area contributed by atoms with Gasteiger partial charge in [-0.05, 0) is 67.7 Å². The summed E-state index contributed by atoms with van der Waals surface area (Å²) in [5, 5.41) is 2.90. The Bertz CT molecular complexity index is 664. The van der Waals surface area contributed by atoms with E-state index in [1.807, 2.05) is 20.8 Å². The second-order valence-corrected chi connectivity index (χ2v) is 15.4. The van der Waals surface area contributed by atoms with Crippen LogP contribution in [0.15, 0.2) is 0 Å². The van der Waals surface area contributed by atoms with Crippen molar-refractivity contribution < 1.29 is 41.9 Å². The van der Waals surface area contributed by atoms with Crippen molar-refractivity contribution in [3.8, 4) is 0 Å². The van der Waals surface area contributed by atoms with Gasteiger partial charge in [0.1, 0.15) is 0 Å². The number of hydrogen-bond donors (Lipinski definition) is 1. The third kappa shape index (κ3) is 26.7. The van der Waals surface area contributed by atoms with Gasteiger partial charge in [-0.1, -0.05) is 21.6 Å². The lowest BCUT2D eigenvalue weighted by Crippen LogP contribution is -2.29. The molecule has 0 aromatic carbocycles. The normalized spacial score (nSPS) is 14.1. The van der Waals surface area contributed by atoms with E-state index in [0.29, 0.717) is 65.8 Å². The van der Waals surface area contributed by atoms with Crippen molar-refractivity contribution in [1.29, 1.82) is 0 Å². The number of phosphoric ester groups is 1. The fourth-order valence-electron chi connectivity index (χ4n) is 2.80. The van der Waals surface area contributed by atoms with Gasteiger partial charge in [-0.2, -0.15) is 0 Å². The van der Waals surface area contributed by atoms with Gasteiger partial charge < -0.3 is 24.3 Å². The molecule has 0 aliphatic carbocycles. The average Bonchev–Trinajstić information content (AvgIpc) is 2.81. The summed E-state index contributed by atoms with van der Waals surface area (Å²) in [6, 6.07) is 0. The molecule has 10 nitrogen and oxygen atoms in total. The Kier molecular flexibility index (Phi) is 22.8. The molecule has 0 bridgehead atoms. The van der Waals surface area contributed by atoms with Crippen LogP contribution in [0.1, 0.15) is 74.1 Å². The van der Waals surface area contributed by atoms with Gasteiger partial charge in [0.25, 0.3) is 0 Å². The highest BCUT2D eigenvalue weighted by Crippen LogP contribution is 2.53. The number of hydrogen-bond acceptors (Lipinski definition) is 11. The fraction of sp³-hybridized carbons (Fsp3) is 0.962. The van der Waals surface area contributed by atoms with E-state index in [0.717, 1.165) is 25.0 Å². The minimum atomic E-state index is -3.59. The number of ether oxygens (including phenoxy) is 4. The highest BCUT2D eigenvalue weighted by Gasteiger charge is 2.33. The molecule has 0 aliphatic rings. The molecule has 234 valence electrons. The second kappa shape index (κ2) is 22.7. The highest BCUT2D eigenvalue weighted by atomic mass is 33.1. The molecular weight excluding hydrogens is 565 g/mol. The standard InChI is InChI=1S/C26H54NO9PS2/c1-23(2)35-37(29,36-25(3,4)5)34-14-9-10-22-38-39-26(6,7)12-11-24(28)27-13-15-31-18-19-33-21-20-32-17-16-30-8/h23H,9-22H2,1-8H3,(H,27,28). The summed E-state index contributed by atoms with van der Waals surface area (Å²) in [4.78, 5) is 12.2. The van der Waals surface area contributed by atoms with Gasteiger partial charge in [-0.3, -0.25) is 18.4 Å². The number of carbonyl (C=O) groups excluding carboxylic acids is 1. The van der Waals surface area contributed by atoms with Gasteiger partial charge in [-0.25, -0.2) is 4.57 Å². The van der Waals surface area contributed by atoms with Crippen molar-refractivity contribution in [1.82, 2.24) is 5.32 Å². The van der Waals surface area contributed by atoms with E-state index in [2.05, 4.69) is 19.2 Å². The van der Waals surface area contributed by atoms with Crippen LogP contribution in [0.3, 0.4) is 0 Å². The molecule has 0 radical (unpaired) electrons. The molecule has 1 amide bonds. The maximum Gasteiger partial charge on any atom is 0.475 e. The van der Waals surface area contributed by atoms with Crippen molar-refractivity contribution >= 4 is 35.3 Å². The van der Waals surface area contributed by atoms with Gasteiger partial charge in [-0.15, -0.1) is 0 Å². The summed E-state index contributed by atoms with van der Waals surface area (Å²) in [5.41, 5.74) is -0.622. The lowest BCUT2D eigenvalue weighted by molar-refractivity contribution is -0.121. The van der Waals surface area contributed by atoms with Crippen molar-refractivity contribution in [3.05, 3.63) is 0 Å². The van der Waals surface area contributed by atoms with Gasteiger partial charge in [0, 0.05) is 30.6 Å². The van der Waals surface area contributed by atoms with E-state index in [-0.39, 0.29) is 16.8 Å². The van der Waals surface area contributed by atoms with Gasteiger partial charge in [0.05, 0.1) is 64.6 Å². The minimum Gasteiger partial charge on any atom is -0.382 e. The maximum atomic E-state index is 12.8. The van der Waals surface area contributed by atoms with E-state index in [4.69, 9.17) is 32.5 Å². The zero-order valence-corrected chi connectivity index (χ0v) is 27.9. The van der Waals surface area contributed by atoms with E-state index in [9.17, 15) is 9.36 Å². The third-order valence-corrected chi connectivity index (χ3v) is 9.97. The van der Waals surface area contributed by atoms with Crippen LogP contribution in [0.25, 0.3) is 0 Å². The highest BCUT2D eigenvalue weighted by molar-refractivity contribution is 8.77. The van der Waals surface area contributed by atoms with Crippen molar-refractivity contribution in [2.45, 2.75) is 90.6 Å². The minimum absolute atomic E-state index is 0.0268. The molecule has 13 heteroatoms. The van der Waals surface area contributed by atoms with Crippen LogP contribution >= 0.6 is 29.4 Å². The fourth-order valence-corrected chi connectivity index (χ4v) is 7.22. The molecule has 0 fully saturated rings. The van der Waals surface area contributed by atoms with Crippen LogP contribution in [0.5, 0.6) is 0 Å². The summed E-state index contributed by atoms with van der Waals surface area (Å²) in [6.07, 6.45) is 2.67. The molecule has 0 aromatic heterocycles. The molecule has 0 aliphatic heterocycles. The number of carbonyl (C=O) groups is 1. The van der Waals surface area contributed by atoms with Gasteiger partial charge in [0.15, 0.2) is 0 Å². The first-order valence-electron chi connectivity index (χ1n) is 13.7. The lowest BCUT2D eigenvalue weighted by atomic mass is 10.1. The number of methoxy groups -OCH3 is 1. The number of nitrogens with one attached hydrogen (secondary N) is 1.